The number of nitrogens with one attached hydrogen (secondary N) is 2. The topological polar surface area (TPSA) is 99.5 Å². The van der Waals surface area contributed by atoms with Crippen LogP contribution in [0.15, 0.2) is 12.4 Å². The van der Waals surface area contributed by atoms with Crippen LogP contribution in [0.1, 0.15) is 49.1 Å². The fraction of sp³-hybridized carbons (Fsp3) is 0.737. The summed E-state index contributed by atoms with van der Waals surface area (Å²) in [7, 11) is 1.75. The van der Waals surface area contributed by atoms with Crippen LogP contribution in [0, 0.1) is 5.92 Å². The summed E-state index contributed by atoms with van der Waals surface area (Å²) in [5, 5.41) is 16.3. The van der Waals surface area contributed by atoms with Crippen LogP contribution in [0.4, 0.5) is 0 Å². The molecule has 2 heterocycles. The molecule has 1 aliphatic heterocycles. The molecule has 150 valence electrons. The molecule has 8 heteroatoms. The third kappa shape index (κ3) is 5.29. The van der Waals surface area contributed by atoms with Crippen LogP contribution in [0.25, 0.3) is 0 Å². The highest BCUT2D eigenvalue weighted by molar-refractivity contribution is 5.91. The van der Waals surface area contributed by atoms with Crippen molar-refractivity contribution in [2.24, 2.45) is 13.0 Å². The van der Waals surface area contributed by atoms with E-state index in [4.69, 9.17) is 0 Å². The number of rotatable bonds is 6. The summed E-state index contributed by atoms with van der Waals surface area (Å²) in [5.41, 5.74) is 0. The highest BCUT2D eigenvalue weighted by Crippen LogP contribution is 2.25. The monoisotopic (exact) mass is 377 g/mol. The van der Waals surface area contributed by atoms with Crippen molar-refractivity contribution in [2.45, 2.75) is 50.7 Å². The summed E-state index contributed by atoms with van der Waals surface area (Å²) in [6.45, 7) is 3.79. The molecule has 1 saturated carbocycles. The molecule has 2 amide bonds. The summed E-state index contributed by atoms with van der Waals surface area (Å²) < 4.78 is 1.64. The minimum Gasteiger partial charge on any atom is -0.391 e. The SMILES string of the molecule is Cn1ccnc1C(=O)N[C@@H]1CC[C@H](C(=O)NCCN2CCCCC2)C[C@H]1O. The standard InChI is InChI=1S/C19H31N5O3/c1-23-11-7-20-17(23)19(27)22-15-6-5-14(13-16(15)25)18(26)21-8-12-24-9-3-2-4-10-24/h7,11,14-16,25H,2-6,8-10,12-13H2,1H3,(H,21,26)(H,22,27)/t14-,15+,16+/m0/s1. The predicted octanol–water partition coefficient (Wildman–Crippen LogP) is 0.282. The van der Waals surface area contributed by atoms with Crippen LogP contribution in [0.3, 0.4) is 0 Å². The Balaban J connectivity index is 1.40. The summed E-state index contributed by atoms with van der Waals surface area (Å²) in [5.74, 6) is -0.154. The van der Waals surface area contributed by atoms with Crippen molar-refractivity contribution >= 4 is 11.8 Å². The summed E-state index contributed by atoms with van der Waals surface area (Å²) >= 11 is 0. The van der Waals surface area contributed by atoms with Crippen LogP contribution in [0.2, 0.25) is 0 Å². The summed E-state index contributed by atoms with van der Waals surface area (Å²) in [6.07, 6.45) is 7.97. The van der Waals surface area contributed by atoms with Gasteiger partial charge in [-0.05, 0) is 45.2 Å². The maximum Gasteiger partial charge on any atom is 0.287 e. The molecule has 3 rings (SSSR count). The molecule has 0 bridgehead atoms. The van der Waals surface area contributed by atoms with Gasteiger partial charge in [0.15, 0.2) is 5.82 Å². The van der Waals surface area contributed by atoms with E-state index in [1.54, 1.807) is 24.0 Å². The van der Waals surface area contributed by atoms with E-state index in [2.05, 4.69) is 20.5 Å². The molecule has 1 aliphatic carbocycles. The molecule has 1 aromatic heterocycles. The van der Waals surface area contributed by atoms with Gasteiger partial charge in [0.05, 0.1) is 12.1 Å². The van der Waals surface area contributed by atoms with E-state index in [-0.39, 0.29) is 23.8 Å². The summed E-state index contributed by atoms with van der Waals surface area (Å²) in [4.78, 5) is 31.1. The molecule has 0 spiro atoms. The van der Waals surface area contributed by atoms with E-state index in [0.29, 0.717) is 31.6 Å². The first kappa shape index (κ1) is 19.8. The van der Waals surface area contributed by atoms with Crippen LogP contribution >= 0.6 is 0 Å². The second-order valence-electron chi connectivity index (χ2n) is 7.71. The number of likely N-dealkylation sites (tertiary alicyclic amines) is 1. The normalized spacial score (nSPS) is 26.5. The fourth-order valence-corrected chi connectivity index (χ4v) is 4.04. The Bertz CT molecular complexity index is 641. The number of aromatic nitrogens is 2. The van der Waals surface area contributed by atoms with Gasteiger partial charge in [0.2, 0.25) is 5.91 Å². The van der Waals surface area contributed by atoms with E-state index in [1.807, 2.05) is 0 Å². The fourth-order valence-electron chi connectivity index (χ4n) is 4.04. The lowest BCUT2D eigenvalue weighted by Gasteiger charge is -2.33. The van der Waals surface area contributed by atoms with Crippen molar-refractivity contribution in [2.75, 3.05) is 26.2 Å². The minimum absolute atomic E-state index is 0.0138. The second kappa shape index (κ2) is 9.32. The van der Waals surface area contributed by atoms with Crippen LogP contribution < -0.4 is 10.6 Å². The lowest BCUT2D eigenvalue weighted by Crippen LogP contribution is -2.49. The molecule has 27 heavy (non-hydrogen) atoms. The number of imidazole rings is 1. The van der Waals surface area contributed by atoms with E-state index >= 15 is 0 Å². The van der Waals surface area contributed by atoms with E-state index in [1.165, 1.54) is 19.3 Å². The highest BCUT2D eigenvalue weighted by Gasteiger charge is 2.34. The number of hydrogen-bond acceptors (Lipinski definition) is 5. The number of aliphatic hydroxyl groups excluding tert-OH is 1. The van der Waals surface area contributed by atoms with Crippen molar-refractivity contribution in [3.8, 4) is 0 Å². The van der Waals surface area contributed by atoms with Gasteiger partial charge in [0.25, 0.3) is 5.91 Å². The maximum absolute atomic E-state index is 12.4. The zero-order valence-electron chi connectivity index (χ0n) is 16.1. The van der Waals surface area contributed by atoms with Gasteiger partial charge in [0, 0.05) is 38.4 Å². The van der Waals surface area contributed by atoms with Crippen molar-refractivity contribution in [3.05, 3.63) is 18.2 Å². The molecule has 0 aromatic carbocycles. The predicted molar refractivity (Wildman–Crippen MR) is 101 cm³/mol. The Kier molecular flexibility index (Phi) is 6.84. The number of aliphatic hydroxyl groups is 1. The van der Waals surface area contributed by atoms with E-state index in [9.17, 15) is 14.7 Å². The summed E-state index contributed by atoms with van der Waals surface area (Å²) in [6, 6.07) is -0.341. The Hall–Kier alpha value is -1.93. The molecule has 1 saturated heterocycles. The second-order valence-corrected chi connectivity index (χ2v) is 7.71. The van der Waals surface area contributed by atoms with Crippen molar-refractivity contribution < 1.29 is 14.7 Å². The molecule has 8 nitrogen and oxygen atoms in total. The molecule has 3 N–H and O–H groups in total. The quantitative estimate of drug-likeness (QED) is 0.661. The number of carbonyl (C=O) groups excluding carboxylic acids is 2. The Morgan fingerprint density at radius 3 is 2.70 bits per heavy atom. The first-order chi connectivity index (χ1) is 13.0. The number of carbonyl (C=O) groups is 2. The van der Waals surface area contributed by atoms with Crippen LogP contribution in [-0.2, 0) is 11.8 Å². The van der Waals surface area contributed by atoms with Gasteiger partial charge in [-0.25, -0.2) is 4.98 Å². The smallest absolute Gasteiger partial charge is 0.287 e. The first-order valence-electron chi connectivity index (χ1n) is 10.0. The van der Waals surface area contributed by atoms with Gasteiger partial charge in [-0.2, -0.15) is 0 Å². The molecule has 0 unspecified atom stereocenters. The lowest BCUT2D eigenvalue weighted by atomic mass is 9.83. The number of hydrogen-bond donors (Lipinski definition) is 3. The molecule has 2 aliphatic rings. The van der Waals surface area contributed by atoms with Gasteiger partial charge in [-0.3, -0.25) is 9.59 Å². The van der Waals surface area contributed by atoms with Crippen molar-refractivity contribution in [1.29, 1.82) is 0 Å². The number of aryl methyl sites for hydroxylation is 1. The third-order valence-electron chi connectivity index (χ3n) is 5.70. The van der Waals surface area contributed by atoms with Gasteiger partial charge < -0.3 is 25.2 Å². The first-order valence-corrected chi connectivity index (χ1v) is 10.0. The van der Waals surface area contributed by atoms with Gasteiger partial charge >= 0.3 is 0 Å². The van der Waals surface area contributed by atoms with Gasteiger partial charge in [-0.1, -0.05) is 6.42 Å². The Morgan fingerprint density at radius 2 is 2.04 bits per heavy atom. The highest BCUT2D eigenvalue weighted by atomic mass is 16.3. The maximum atomic E-state index is 12.4. The minimum atomic E-state index is -0.721. The number of amides is 2. The third-order valence-corrected chi connectivity index (χ3v) is 5.70. The van der Waals surface area contributed by atoms with E-state index < -0.39 is 6.10 Å². The van der Waals surface area contributed by atoms with Crippen LogP contribution in [0.5, 0.6) is 0 Å². The Labute approximate surface area is 160 Å². The van der Waals surface area contributed by atoms with Crippen LogP contribution in [-0.4, -0.2) is 69.7 Å². The number of nitrogens with zero attached hydrogens (tertiary/aromatic N) is 3. The molecule has 0 radical (unpaired) electrons. The van der Waals surface area contributed by atoms with E-state index in [0.717, 1.165) is 19.6 Å². The van der Waals surface area contributed by atoms with Crippen molar-refractivity contribution in [3.63, 3.8) is 0 Å². The number of piperidine rings is 1. The zero-order chi connectivity index (χ0) is 19.2. The van der Waals surface area contributed by atoms with Gasteiger partial charge in [0.1, 0.15) is 0 Å². The van der Waals surface area contributed by atoms with Crippen molar-refractivity contribution in [1.82, 2.24) is 25.1 Å². The average molecular weight is 377 g/mol. The Morgan fingerprint density at radius 1 is 1.26 bits per heavy atom. The van der Waals surface area contributed by atoms with Gasteiger partial charge in [-0.15, -0.1) is 0 Å². The average Bonchev–Trinajstić information content (AvgIpc) is 3.10. The molecule has 3 atom stereocenters. The largest absolute Gasteiger partial charge is 0.391 e. The zero-order valence-corrected chi connectivity index (χ0v) is 16.1. The molecule has 2 fully saturated rings. The molecular weight excluding hydrogens is 346 g/mol. The lowest BCUT2D eigenvalue weighted by molar-refractivity contribution is -0.127. The molecule has 1 aromatic rings. The molecular formula is C19H31N5O3.